The maximum Gasteiger partial charge on any atom is 0.248 e. The highest BCUT2D eigenvalue weighted by molar-refractivity contribution is 5.78. The maximum atomic E-state index is 13.9. The minimum atomic E-state index is -0.456. The van der Waals surface area contributed by atoms with Crippen molar-refractivity contribution >= 4 is 11.7 Å². The molecule has 1 aliphatic rings. The van der Waals surface area contributed by atoms with Gasteiger partial charge in [-0.2, -0.15) is 0 Å². The Morgan fingerprint density at radius 1 is 1.09 bits per heavy atom. The quantitative estimate of drug-likeness (QED) is 0.563. The monoisotopic (exact) mass is 436 g/mol. The highest BCUT2D eigenvalue weighted by Gasteiger charge is 2.28. The SMILES string of the molecule is C[C@@H]1CN(c2cc(Oc3ccccc3F)ncn2)CCN1C(=O)COCc1ccccc1. The number of amides is 1. The third-order valence-corrected chi connectivity index (χ3v) is 5.29. The summed E-state index contributed by atoms with van der Waals surface area (Å²) >= 11 is 0. The van der Waals surface area contributed by atoms with Crippen LogP contribution in [0.25, 0.3) is 0 Å². The van der Waals surface area contributed by atoms with Crippen LogP contribution in [0.2, 0.25) is 0 Å². The minimum Gasteiger partial charge on any atom is -0.436 e. The topological polar surface area (TPSA) is 67.8 Å². The molecule has 0 radical (unpaired) electrons. The molecule has 1 fully saturated rings. The van der Waals surface area contributed by atoms with Crippen molar-refractivity contribution < 1.29 is 18.7 Å². The van der Waals surface area contributed by atoms with Crippen molar-refractivity contribution in [2.24, 2.45) is 0 Å². The van der Waals surface area contributed by atoms with E-state index < -0.39 is 5.82 Å². The molecule has 1 atom stereocenters. The van der Waals surface area contributed by atoms with Crippen LogP contribution in [0.3, 0.4) is 0 Å². The number of ether oxygens (including phenoxy) is 2. The molecule has 2 aromatic carbocycles. The zero-order valence-corrected chi connectivity index (χ0v) is 17.9. The van der Waals surface area contributed by atoms with Crippen molar-refractivity contribution in [3.8, 4) is 11.6 Å². The van der Waals surface area contributed by atoms with E-state index in [1.54, 1.807) is 24.3 Å². The van der Waals surface area contributed by atoms with Crippen LogP contribution in [0, 0.1) is 5.82 Å². The van der Waals surface area contributed by atoms with Gasteiger partial charge in [-0.15, -0.1) is 0 Å². The molecule has 8 heteroatoms. The van der Waals surface area contributed by atoms with Crippen molar-refractivity contribution in [1.82, 2.24) is 14.9 Å². The molecule has 32 heavy (non-hydrogen) atoms. The van der Waals surface area contributed by atoms with Crippen LogP contribution < -0.4 is 9.64 Å². The number of rotatable bonds is 7. The summed E-state index contributed by atoms with van der Waals surface area (Å²) in [5, 5.41) is 0. The van der Waals surface area contributed by atoms with E-state index in [1.807, 2.05) is 42.2 Å². The minimum absolute atomic E-state index is 0.0116. The number of carbonyl (C=O) groups is 1. The van der Waals surface area contributed by atoms with Gasteiger partial charge in [0.05, 0.1) is 6.61 Å². The Morgan fingerprint density at radius 3 is 2.66 bits per heavy atom. The summed E-state index contributed by atoms with van der Waals surface area (Å²) < 4.78 is 25.0. The summed E-state index contributed by atoms with van der Waals surface area (Å²) in [4.78, 5) is 24.9. The van der Waals surface area contributed by atoms with Crippen molar-refractivity contribution in [2.45, 2.75) is 19.6 Å². The summed E-state index contributed by atoms with van der Waals surface area (Å²) in [5.41, 5.74) is 1.04. The van der Waals surface area contributed by atoms with Crippen LogP contribution >= 0.6 is 0 Å². The predicted octanol–water partition coefficient (Wildman–Crippen LogP) is 3.66. The molecule has 1 saturated heterocycles. The number of para-hydroxylation sites is 1. The second-order valence-corrected chi connectivity index (χ2v) is 7.61. The first-order valence-corrected chi connectivity index (χ1v) is 10.5. The van der Waals surface area contributed by atoms with E-state index in [1.165, 1.54) is 12.4 Å². The fraction of sp³-hybridized carbons (Fsp3) is 0.292. The van der Waals surface area contributed by atoms with Crippen LogP contribution in [-0.2, 0) is 16.1 Å². The number of nitrogens with zero attached hydrogens (tertiary/aromatic N) is 4. The molecule has 1 amide bonds. The molecular weight excluding hydrogens is 411 g/mol. The Labute approximate surface area is 186 Å². The summed E-state index contributed by atoms with van der Waals surface area (Å²) in [6.45, 7) is 4.24. The van der Waals surface area contributed by atoms with Gasteiger partial charge in [-0.05, 0) is 24.6 Å². The third kappa shape index (κ3) is 5.39. The number of anilines is 1. The molecule has 0 spiro atoms. The standard InChI is InChI=1S/C24H25FN4O3/c1-18-14-28(11-12-29(18)24(30)16-31-15-19-7-3-2-4-8-19)22-13-23(27-17-26-22)32-21-10-6-5-9-20(21)25/h2-10,13,17-18H,11-12,14-16H2,1H3/t18-/m1/s1. The van der Waals surface area contributed by atoms with E-state index in [0.717, 1.165) is 5.56 Å². The molecule has 2 heterocycles. The van der Waals surface area contributed by atoms with Crippen LogP contribution in [0.15, 0.2) is 67.0 Å². The van der Waals surface area contributed by atoms with E-state index in [0.29, 0.717) is 32.1 Å². The number of halogens is 1. The lowest BCUT2D eigenvalue weighted by Gasteiger charge is -2.40. The lowest BCUT2D eigenvalue weighted by atomic mass is 10.2. The van der Waals surface area contributed by atoms with E-state index in [-0.39, 0.29) is 30.2 Å². The molecule has 7 nitrogen and oxygen atoms in total. The Bertz CT molecular complexity index is 1050. The Balaban J connectivity index is 1.32. The van der Waals surface area contributed by atoms with Crippen molar-refractivity contribution in [3.05, 3.63) is 78.4 Å². The van der Waals surface area contributed by atoms with Gasteiger partial charge in [-0.3, -0.25) is 4.79 Å². The van der Waals surface area contributed by atoms with E-state index >= 15 is 0 Å². The molecule has 1 aliphatic heterocycles. The first-order valence-electron chi connectivity index (χ1n) is 10.5. The molecule has 0 unspecified atom stereocenters. The zero-order valence-electron chi connectivity index (χ0n) is 17.9. The fourth-order valence-corrected chi connectivity index (χ4v) is 3.65. The number of hydrogen-bond donors (Lipinski definition) is 0. The van der Waals surface area contributed by atoms with Gasteiger partial charge in [-0.25, -0.2) is 14.4 Å². The smallest absolute Gasteiger partial charge is 0.248 e. The molecule has 3 aromatic rings. The van der Waals surface area contributed by atoms with Gasteiger partial charge < -0.3 is 19.3 Å². The highest BCUT2D eigenvalue weighted by atomic mass is 19.1. The number of hydrogen-bond acceptors (Lipinski definition) is 6. The van der Waals surface area contributed by atoms with Gasteiger partial charge in [-0.1, -0.05) is 42.5 Å². The first kappa shape index (κ1) is 21.7. The summed E-state index contributed by atoms with van der Waals surface area (Å²) in [6, 6.07) is 17.6. The highest BCUT2D eigenvalue weighted by Crippen LogP contribution is 2.25. The lowest BCUT2D eigenvalue weighted by Crippen LogP contribution is -2.55. The number of piperazine rings is 1. The second-order valence-electron chi connectivity index (χ2n) is 7.61. The molecule has 4 rings (SSSR count). The zero-order chi connectivity index (χ0) is 22.3. The van der Waals surface area contributed by atoms with E-state index in [2.05, 4.69) is 14.9 Å². The van der Waals surface area contributed by atoms with Gasteiger partial charge >= 0.3 is 0 Å². The van der Waals surface area contributed by atoms with Gasteiger partial charge in [0.15, 0.2) is 11.6 Å². The molecule has 0 bridgehead atoms. The lowest BCUT2D eigenvalue weighted by molar-refractivity contribution is -0.139. The summed E-state index contributed by atoms with van der Waals surface area (Å²) in [7, 11) is 0. The number of carbonyl (C=O) groups excluding carboxylic acids is 1. The molecule has 166 valence electrons. The van der Waals surface area contributed by atoms with Crippen LogP contribution in [0.1, 0.15) is 12.5 Å². The number of aromatic nitrogens is 2. The summed E-state index contributed by atoms with van der Waals surface area (Å²) in [6.07, 6.45) is 1.39. The maximum absolute atomic E-state index is 13.9. The van der Waals surface area contributed by atoms with Crippen molar-refractivity contribution in [1.29, 1.82) is 0 Å². The average Bonchev–Trinajstić information content (AvgIpc) is 2.81. The number of benzene rings is 2. The first-order chi connectivity index (χ1) is 15.6. The average molecular weight is 436 g/mol. The van der Waals surface area contributed by atoms with Gasteiger partial charge in [0.25, 0.3) is 0 Å². The van der Waals surface area contributed by atoms with Crippen molar-refractivity contribution in [3.63, 3.8) is 0 Å². The van der Waals surface area contributed by atoms with Crippen LogP contribution in [-0.4, -0.2) is 53.1 Å². The Hall–Kier alpha value is -3.52. The molecule has 0 aliphatic carbocycles. The Kier molecular flexibility index (Phi) is 6.91. The van der Waals surface area contributed by atoms with E-state index in [9.17, 15) is 9.18 Å². The normalized spacial score (nSPS) is 16.1. The fourth-order valence-electron chi connectivity index (χ4n) is 3.65. The Morgan fingerprint density at radius 2 is 1.88 bits per heavy atom. The molecular formula is C24H25FN4O3. The van der Waals surface area contributed by atoms with Crippen LogP contribution in [0.4, 0.5) is 10.2 Å². The van der Waals surface area contributed by atoms with Gasteiger partial charge in [0.1, 0.15) is 18.8 Å². The molecule has 0 saturated carbocycles. The second kappa shape index (κ2) is 10.2. The van der Waals surface area contributed by atoms with Gasteiger partial charge in [0.2, 0.25) is 11.8 Å². The van der Waals surface area contributed by atoms with E-state index in [4.69, 9.17) is 9.47 Å². The van der Waals surface area contributed by atoms with Crippen LogP contribution in [0.5, 0.6) is 11.6 Å². The third-order valence-electron chi connectivity index (χ3n) is 5.29. The van der Waals surface area contributed by atoms with Gasteiger partial charge in [0, 0.05) is 31.7 Å². The predicted molar refractivity (Wildman–Crippen MR) is 118 cm³/mol. The molecule has 0 N–H and O–H groups in total. The summed E-state index contributed by atoms with van der Waals surface area (Å²) in [5.74, 6) is 0.560. The van der Waals surface area contributed by atoms with Crippen molar-refractivity contribution in [2.75, 3.05) is 31.1 Å². The largest absolute Gasteiger partial charge is 0.436 e. The molecule has 1 aromatic heterocycles.